The molecule has 0 aromatic heterocycles. The molecule has 0 aromatic carbocycles. The Labute approximate surface area is 75.2 Å². The number of rotatable bonds is 0. The number of hydrogen-bond acceptors (Lipinski definition) is 2. The van der Waals surface area contributed by atoms with Crippen molar-refractivity contribution in [2.45, 2.75) is 0 Å². The molecular formula is C2H8NaO5P. The first-order valence-corrected chi connectivity index (χ1v) is 2.80. The van der Waals surface area contributed by atoms with Crippen LogP contribution in [0.4, 0.5) is 0 Å². The zero-order chi connectivity index (χ0) is 6.50. The molecule has 0 aromatic rings. The molecule has 0 heterocycles. The van der Waals surface area contributed by atoms with Crippen LogP contribution in [0.5, 0.6) is 0 Å². The smallest absolute Gasteiger partial charge is 0.756 e. The van der Waals surface area contributed by atoms with Gasteiger partial charge in [-0.3, -0.25) is 4.57 Å². The van der Waals surface area contributed by atoms with Crippen LogP contribution >= 0.6 is 7.82 Å². The minimum absolute atomic E-state index is 0. The zero-order valence-corrected chi connectivity index (χ0v) is 7.97. The Morgan fingerprint density at radius 1 is 1.33 bits per heavy atom. The van der Waals surface area contributed by atoms with Gasteiger partial charge >= 0.3 is 29.6 Å². The SMILES string of the molecule is C=C.O.O=P([O-])(O)O.[Na+]. The summed E-state index contributed by atoms with van der Waals surface area (Å²) in [5.41, 5.74) is 0. The van der Waals surface area contributed by atoms with Gasteiger partial charge in [0.2, 0.25) is 0 Å². The molecule has 0 radical (unpaired) electrons. The van der Waals surface area contributed by atoms with Crippen LogP contribution in [0.3, 0.4) is 0 Å². The molecule has 0 saturated heterocycles. The number of hydrogen-bond donors (Lipinski definition) is 2. The summed E-state index contributed by atoms with van der Waals surface area (Å²) >= 11 is 0. The van der Waals surface area contributed by atoms with Crippen LogP contribution in [0.15, 0.2) is 13.2 Å². The van der Waals surface area contributed by atoms with E-state index in [0.29, 0.717) is 0 Å². The maximum Gasteiger partial charge on any atom is 1.00 e. The summed E-state index contributed by atoms with van der Waals surface area (Å²) in [4.78, 5) is 22.9. The average molecular weight is 166 g/mol. The molecule has 0 aliphatic carbocycles. The van der Waals surface area contributed by atoms with Crippen molar-refractivity contribution in [1.29, 1.82) is 0 Å². The molecule has 0 atom stereocenters. The third kappa shape index (κ3) is 623. The van der Waals surface area contributed by atoms with Crippen LogP contribution < -0.4 is 34.5 Å². The summed E-state index contributed by atoms with van der Waals surface area (Å²) in [5, 5.41) is 0. The van der Waals surface area contributed by atoms with Crippen LogP contribution in [-0.2, 0) is 4.57 Å². The van der Waals surface area contributed by atoms with Crippen molar-refractivity contribution in [3.05, 3.63) is 13.2 Å². The average Bonchev–Trinajstić information content (AvgIpc) is 1.36. The van der Waals surface area contributed by atoms with Crippen molar-refractivity contribution < 1.29 is 54.3 Å². The van der Waals surface area contributed by atoms with E-state index in [1.54, 1.807) is 0 Å². The van der Waals surface area contributed by atoms with Gasteiger partial charge in [0.1, 0.15) is 0 Å². The van der Waals surface area contributed by atoms with Crippen molar-refractivity contribution in [2.75, 3.05) is 0 Å². The molecule has 0 amide bonds. The monoisotopic (exact) mass is 166 g/mol. The van der Waals surface area contributed by atoms with E-state index in [1.807, 2.05) is 0 Å². The van der Waals surface area contributed by atoms with Gasteiger partial charge in [-0.15, -0.1) is 13.2 Å². The largest absolute Gasteiger partial charge is 1.00 e. The van der Waals surface area contributed by atoms with Gasteiger partial charge < -0.3 is 20.2 Å². The molecular weight excluding hydrogens is 158 g/mol. The Kier molecular flexibility index (Phi) is 29.0. The molecule has 0 aliphatic rings. The van der Waals surface area contributed by atoms with Crippen LogP contribution in [0.25, 0.3) is 0 Å². The third-order valence-corrected chi connectivity index (χ3v) is 0. The minimum Gasteiger partial charge on any atom is -0.756 e. The fourth-order valence-corrected chi connectivity index (χ4v) is 0. The summed E-state index contributed by atoms with van der Waals surface area (Å²) < 4.78 is 8.77. The fourth-order valence-electron chi connectivity index (χ4n) is 0. The van der Waals surface area contributed by atoms with E-state index in [2.05, 4.69) is 13.2 Å². The summed E-state index contributed by atoms with van der Waals surface area (Å²) in [6, 6.07) is 0. The van der Waals surface area contributed by atoms with Gasteiger partial charge in [0.25, 0.3) is 7.82 Å². The maximum atomic E-state index is 8.77. The molecule has 0 spiro atoms. The van der Waals surface area contributed by atoms with Gasteiger partial charge in [-0.1, -0.05) is 0 Å². The van der Waals surface area contributed by atoms with E-state index in [9.17, 15) is 0 Å². The summed E-state index contributed by atoms with van der Waals surface area (Å²) in [6.45, 7) is 6.00. The Hall–Kier alpha value is 0.810. The van der Waals surface area contributed by atoms with Crippen molar-refractivity contribution in [3.8, 4) is 0 Å². The zero-order valence-electron chi connectivity index (χ0n) is 5.07. The Balaban J connectivity index is -0.0000000286. The van der Waals surface area contributed by atoms with E-state index in [-0.39, 0.29) is 35.0 Å². The molecule has 0 saturated carbocycles. The van der Waals surface area contributed by atoms with Gasteiger partial charge in [-0.05, 0) is 0 Å². The molecule has 5 nitrogen and oxygen atoms in total. The standard InChI is InChI=1S/C2H4.Na.H3O4P.H2O/c1-2;;1-5(2,3)4;/h1-2H2;;(H3,1,2,3,4);1H2/q;+1;;/p-1. The normalized spacial score (nSPS) is 7.00. The Morgan fingerprint density at radius 2 is 1.33 bits per heavy atom. The maximum absolute atomic E-state index is 8.77. The second-order valence-corrected chi connectivity index (χ2v) is 1.47. The third-order valence-electron chi connectivity index (χ3n) is 0. The van der Waals surface area contributed by atoms with Crippen molar-refractivity contribution in [2.24, 2.45) is 0 Å². The van der Waals surface area contributed by atoms with E-state index >= 15 is 0 Å². The van der Waals surface area contributed by atoms with Crippen LogP contribution in [0.2, 0.25) is 0 Å². The topological polar surface area (TPSA) is 112 Å². The second kappa shape index (κ2) is 11.6. The summed E-state index contributed by atoms with van der Waals surface area (Å²) in [7, 11) is -4.89. The molecule has 0 rings (SSSR count). The van der Waals surface area contributed by atoms with E-state index < -0.39 is 7.82 Å². The quantitative estimate of drug-likeness (QED) is 0.214. The molecule has 0 fully saturated rings. The Bertz CT molecular complexity index is 70.8. The van der Waals surface area contributed by atoms with Crippen molar-refractivity contribution >= 4 is 7.82 Å². The predicted octanol–water partition coefficient (Wildman–Crippen LogP) is -4.58. The fraction of sp³-hybridized carbons (Fsp3) is 0. The van der Waals surface area contributed by atoms with Gasteiger partial charge in [0.15, 0.2) is 0 Å². The first kappa shape index (κ1) is 22.6. The summed E-state index contributed by atoms with van der Waals surface area (Å²) in [6.07, 6.45) is 0. The van der Waals surface area contributed by atoms with Crippen LogP contribution in [0.1, 0.15) is 0 Å². The van der Waals surface area contributed by atoms with E-state index in [4.69, 9.17) is 19.2 Å². The van der Waals surface area contributed by atoms with Crippen LogP contribution in [-0.4, -0.2) is 15.3 Å². The number of phosphoric acid groups is 1. The molecule has 0 bridgehead atoms. The Morgan fingerprint density at radius 3 is 1.33 bits per heavy atom. The molecule has 7 heteroatoms. The van der Waals surface area contributed by atoms with Crippen molar-refractivity contribution in [1.82, 2.24) is 0 Å². The molecule has 4 N–H and O–H groups in total. The van der Waals surface area contributed by atoms with Gasteiger partial charge in [0.05, 0.1) is 0 Å². The first-order chi connectivity index (χ1) is 3.00. The van der Waals surface area contributed by atoms with Gasteiger partial charge in [0, 0.05) is 0 Å². The van der Waals surface area contributed by atoms with Crippen LogP contribution in [0, 0.1) is 0 Å². The van der Waals surface area contributed by atoms with Gasteiger partial charge in [-0.2, -0.15) is 0 Å². The predicted molar refractivity (Wildman–Crippen MR) is 26.9 cm³/mol. The summed E-state index contributed by atoms with van der Waals surface area (Å²) in [5.74, 6) is 0. The van der Waals surface area contributed by atoms with Gasteiger partial charge in [-0.25, -0.2) is 0 Å². The van der Waals surface area contributed by atoms with E-state index in [1.165, 1.54) is 0 Å². The minimum atomic E-state index is -4.89. The molecule has 9 heavy (non-hydrogen) atoms. The molecule has 0 unspecified atom stereocenters. The molecule has 52 valence electrons. The first-order valence-electron chi connectivity index (χ1n) is 1.27. The van der Waals surface area contributed by atoms with E-state index in [0.717, 1.165) is 0 Å². The van der Waals surface area contributed by atoms with Crippen molar-refractivity contribution in [3.63, 3.8) is 0 Å². The molecule has 0 aliphatic heterocycles. The second-order valence-electron chi connectivity index (χ2n) is 0.491.